The van der Waals surface area contributed by atoms with E-state index < -0.39 is 0 Å². The quantitative estimate of drug-likeness (QED) is 0.526. The van der Waals surface area contributed by atoms with E-state index in [0.717, 1.165) is 5.56 Å². The van der Waals surface area contributed by atoms with Gasteiger partial charge in [0.25, 0.3) is 0 Å². The Morgan fingerprint density at radius 1 is 1.27 bits per heavy atom. The molecule has 0 fully saturated rings. The summed E-state index contributed by atoms with van der Waals surface area (Å²) in [6.07, 6.45) is 1.39. The van der Waals surface area contributed by atoms with Crippen LogP contribution in [0.3, 0.4) is 0 Å². The van der Waals surface area contributed by atoms with E-state index in [1.54, 1.807) is 12.1 Å². The maximum absolute atomic E-state index is 8.59. The first-order chi connectivity index (χ1) is 7.36. The van der Waals surface area contributed by atoms with Gasteiger partial charge in [-0.3, -0.25) is 0 Å². The Hall–Kier alpha value is -1.79. The molecule has 0 bridgehead atoms. The highest BCUT2D eigenvalue weighted by Gasteiger charge is 1.94. The first-order valence-electron chi connectivity index (χ1n) is 4.66. The molecular weight excluding hydrogens is 190 g/mol. The lowest BCUT2D eigenvalue weighted by Gasteiger charge is -2.03. The molecule has 0 spiro atoms. The van der Waals surface area contributed by atoms with Gasteiger partial charge in [0.1, 0.15) is 6.61 Å². The molecule has 0 unspecified atom stereocenters. The summed E-state index contributed by atoms with van der Waals surface area (Å²) >= 11 is 0. The average Bonchev–Trinajstić information content (AvgIpc) is 2.30. The molecule has 0 N–H and O–H groups in total. The zero-order valence-corrected chi connectivity index (χ0v) is 8.48. The third-order valence-corrected chi connectivity index (χ3v) is 1.82. The number of rotatable bonds is 6. The second-order valence-corrected chi connectivity index (χ2v) is 2.90. The van der Waals surface area contributed by atoms with Crippen molar-refractivity contribution >= 4 is 0 Å². The van der Waals surface area contributed by atoms with Crippen LogP contribution in [0.5, 0.6) is 0 Å². The van der Waals surface area contributed by atoms with Crippen LogP contribution in [0.2, 0.25) is 0 Å². The monoisotopic (exact) mass is 203 g/mol. The van der Waals surface area contributed by atoms with Gasteiger partial charge in [0.2, 0.25) is 0 Å². The highest BCUT2D eigenvalue weighted by molar-refractivity contribution is 5.31. The van der Waals surface area contributed by atoms with Crippen molar-refractivity contribution in [2.75, 3.05) is 13.2 Å². The first-order valence-corrected chi connectivity index (χ1v) is 4.66. The van der Waals surface area contributed by atoms with E-state index in [4.69, 9.17) is 14.7 Å². The predicted octanol–water partition coefficient (Wildman–Crippen LogP) is 2.23. The summed E-state index contributed by atoms with van der Waals surface area (Å²) in [4.78, 5) is 0. The molecule has 78 valence electrons. The third-order valence-electron chi connectivity index (χ3n) is 1.82. The Morgan fingerprint density at radius 3 is 2.60 bits per heavy atom. The average molecular weight is 203 g/mol. The van der Waals surface area contributed by atoms with Gasteiger partial charge in [-0.25, -0.2) is 0 Å². The molecule has 0 aliphatic rings. The normalized spacial score (nSPS) is 9.27. The highest BCUT2D eigenvalue weighted by atomic mass is 16.5. The molecule has 0 aliphatic heterocycles. The zero-order chi connectivity index (χ0) is 10.9. The molecule has 3 nitrogen and oxygen atoms in total. The Labute approximate surface area is 89.6 Å². The van der Waals surface area contributed by atoms with E-state index in [2.05, 4.69) is 12.6 Å². The minimum atomic E-state index is 0.514. The molecule has 0 aromatic heterocycles. The van der Waals surface area contributed by atoms with Crippen molar-refractivity contribution < 1.29 is 9.47 Å². The van der Waals surface area contributed by atoms with Crippen LogP contribution in [0, 0.1) is 11.3 Å². The lowest BCUT2D eigenvalue weighted by Crippen LogP contribution is -2.01. The summed E-state index contributed by atoms with van der Waals surface area (Å²) in [6, 6.07) is 9.38. The molecule has 3 heteroatoms. The van der Waals surface area contributed by atoms with Crippen LogP contribution < -0.4 is 0 Å². The van der Waals surface area contributed by atoms with Crippen molar-refractivity contribution in [3.8, 4) is 6.07 Å². The molecular formula is C12H13NO2. The van der Waals surface area contributed by atoms with E-state index in [1.165, 1.54) is 6.26 Å². The van der Waals surface area contributed by atoms with Crippen LogP contribution in [0.1, 0.15) is 11.1 Å². The number of ether oxygens (including phenoxy) is 2. The molecule has 1 rings (SSSR count). The van der Waals surface area contributed by atoms with Crippen LogP contribution >= 0.6 is 0 Å². The number of hydrogen-bond donors (Lipinski definition) is 0. The van der Waals surface area contributed by atoms with Crippen molar-refractivity contribution in [2.45, 2.75) is 6.61 Å². The van der Waals surface area contributed by atoms with Crippen LogP contribution in [0.15, 0.2) is 37.1 Å². The predicted molar refractivity (Wildman–Crippen MR) is 57.0 cm³/mol. The maximum Gasteiger partial charge on any atom is 0.111 e. The smallest absolute Gasteiger partial charge is 0.111 e. The Morgan fingerprint density at radius 2 is 2.00 bits per heavy atom. The fraction of sp³-hybridized carbons (Fsp3) is 0.250. The summed E-state index contributed by atoms with van der Waals surface area (Å²) in [7, 11) is 0. The van der Waals surface area contributed by atoms with Crippen molar-refractivity contribution in [3.63, 3.8) is 0 Å². The molecule has 0 atom stereocenters. The highest BCUT2D eigenvalue weighted by Crippen LogP contribution is 2.04. The van der Waals surface area contributed by atoms with Crippen LogP contribution in [0.25, 0.3) is 0 Å². The van der Waals surface area contributed by atoms with Gasteiger partial charge in [-0.2, -0.15) is 5.26 Å². The number of nitrogens with zero attached hydrogens (tertiary/aromatic N) is 1. The summed E-state index contributed by atoms with van der Waals surface area (Å²) in [6.45, 7) is 5.01. The zero-order valence-electron chi connectivity index (χ0n) is 8.48. The molecule has 0 amide bonds. The van der Waals surface area contributed by atoms with Crippen molar-refractivity contribution in [1.82, 2.24) is 0 Å². The molecule has 0 aliphatic carbocycles. The van der Waals surface area contributed by atoms with Crippen LogP contribution in [-0.2, 0) is 16.1 Å². The Bertz CT molecular complexity index is 338. The molecule has 0 heterocycles. The Kier molecular flexibility index (Phi) is 4.99. The van der Waals surface area contributed by atoms with E-state index in [9.17, 15) is 0 Å². The van der Waals surface area contributed by atoms with Crippen LogP contribution in [0.4, 0.5) is 0 Å². The van der Waals surface area contributed by atoms with E-state index in [-0.39, 0.29) is 0 Å². The molecule has 0 radical (unpaired) electrons. The second-order valence-electron chi connectivity index (χ2n) is 2.90. The lowest BCUT2D eigenvalue weighted by atomic mass is 10.2. The molecule has 15 heavy (non-hydrogen) atoms. The van der Waals surface area contributed by atoms with E-state index >= 15 is 0 Å². The van der Waals surface area contributed by atoms with Gasteiger partial charge in [0.15, 0.2) is 0 Å². The molecule has 0 saturated carbocycles. The topological polar surface area (TPSA) is 42.2 Å². The lowest BCUT2D eigenvalue weighted by molar-refractivity contribution is 0.0750. The number of benzene rings is 1. The molecule has 1 aromatic carbocycles. The summed E-state index contributed by atoms with van der Waals surface area (Å²) in [5, 5.41) is 8.59. The fourth-order valence-corrected chi connectivity index (χ4v) is 1.06. The number of nitriles is 1. The van der Waals surface area contributed by atoms with Crippen molar-refractivity contribution in [2.24, 2.45) is 0 Å². The van der Waals surface area contributed by atoms with Gasteiger partial charge in [-0.1, -0.05) is 18.7 Å². The minimum Gasteiger partial charge on any atom is -0.499 e. The van der Waals surface area contributed by atoms with Gasteiger partial charge in [0, 0.05) is 0 Å². The first kappa shape index (κ1) is 11.3. The van der Waals surface area contributed by atoms with Gasteiger partial charge >= 0.3 is 0 Å². The van der Waals surface area contributed by atoms with Gasteiger partial charge < -0.3 is 9.47 Å². The summed E-state index contributed by atoms with van der Waals surface area (Å²) in [5.41, 5.74) is 1.71. The maximum atomic E-state index is 8.59. The minimum absolute atomic E-state index is 0.514. The summed E-state index contributed by atoms with van der Waals surface area (Å²) in [5.74, 6) is 0. The summed E-state index contributed by atoms with van der Waals surface area (Å²) < 4.78 is 10.2. The molecule has 0 saturated heterocycles. The second kappa shape index (κ2) is 6.63. The third kappa shape index (κ3) is 4.30. The van der Waals surface area contributed by atoms with Crippen molar-refractivity contribution in [3.05, 3.63) is 48.2 Å². The largest absolute Gasteiger partial charge is 0.499 e. The van der Waals surface area contributed by atoms with Crippen molar-refractivity contribution in [1.29, 1.82) is 5.26 Å². The molecule has 1 aromatic rings. The number of hydrogen-bond acceptors (Lipinski definition) is 3. The Balaban J connectivity index is 2.26. The van der Waals surface area contributed by atoms with Gasteiger partial charge in [-0.05, 0) is 17.7 Å². The van der Waals surface area contributed by atoms with Gasteiger partial charge in [0.05, 0.1) is 31.1 Å². The van der Waals surface area contributed by atoms with E-state index in [0.29, 0.717) is 25.4 Å². The fourth-order valence-electron chi connectivity index (χ4n) is 1.06. The standard InChI is InChI=1S/C12H13NO2/c1-2-14-7-8-15-10-12-5-3-11(9-13)4-6-12/h2-6H,1,7-8,10H2. The van der Waals surface area contributed by atoms with E-state index in [1.807, 2.05) is 12.1 Å². The SMILES string of the molecule is C=COCCOCc1ccc(C#N)cc1. The van der Waals surface area contributed by atoms with Gasteiger partial charge in [-0.15, -0.1) is 0 Å². The van der Waals surface area contributed by atoms with Crippen LogP contribution in [-0.4, -0.2) is 13.2 Å².